The minimum Gasteiger partial charge on any atom is -0.366 e. The van der Waals surface area contributed by atoms with Gasteiger partial charge in [0.15, 0.2) is 0 Å². The van der Waals surface area contributed by atoms with Gasteiger partial charge in [0.05, 0.1) is 12.1 Å². The Balaban J connectivity index is 1.69. The van der Waals surface area contributed by atoms with E-state index in [4.69, 9.17) is 0 Å². The smallest absolute Gasteiger partial charge is 0.278 e. The first-order valence-electron chi connectivity index (χ1n) is 8.93. The number of nitrogens with zero attached hydrogens (tertiary/aromatic N) is 3. The van der Waals surface area contributed by atoms with Crippen molar-refractivity contribution in [3.05, 3.63) is 58.2 Å². The van der Waals surface area contributed by atoms with Crippen LogP contribution in [0, 0.1) is 5.92 Å². The summed E-state index contributed by atoms with van der Waals surface area (Å²) in [5, 5.41) is 1.95. The van der Waals surface area contributed by atoms with Crippen LogP contribution >= 0.6 is 11.3 Å². The highest BCUT2D eigenvalue weighted by atomic mass is 32.1. The lowest BCUT2D eigenvalue weighted by atomic mass is 9.98. The molecule has 0 saturated carbocycles. The van der Waals surface area contributed by atoms with Crippen molar-refractivity contribution in [2.75, 3.05) is 13.1 Å². The highest BCUT2D eigenvalue weighted by Crippen LogP contribution is 2.36. The molecule has 4 rings (SSSR count). The predicted octanol–water partition coefficient (Wildman–Crippen LogP) is 3.16. The maximum absolute atomic E-state index is 13.2. The lowest BCUT2D eigenvalue weighted by molar-refractivity contribution is -0.138. The van der Waals surface area contributed by atoms with Crippen molar-refractivity contribution >= 4 is 28.7 Å². The number of thiophene rings is 1. The van der Waals surface area contributed by atoms with Gasteiger partial charge >= 0.3 is 0 Å². The molecule has 0 unspecified atom stereocenters. The Morgan fingerprint density at radius 2 is 1.85 bits per heavy atom. The minimum atomic E-state index is -0.192. The molecule has 0 spiro atoms. The highest BCUT2D eigenvalue weighted by molar-refractivity contribution is 7.11. The van der Waals surface area contributed by atoms with Gasteiger partial charge in [-0.2, -0.15) is 0 Å². The fraction of sp³-hybridized carbons (Fsp3) is 0.350. The van der Waals surface area contributed by atoms with E-state index >= 15 is 0 Å². The number of imide groups is 1. The van der Waals surface area contributed by atoms with Crippen molar-refractivity contribution in [2.24, 2.45) is 5.92 Å². The van der Waals surface area contributed by atoms with E-state index in [1.165, 1.54) is 16.2 Å². The third-order valence-corrected chi connectivity index (χ3v) is 5.99. The SMILES string of the molecule is CC1CCN(C2=C(c3cccs3)C(=O)N(Cc3ccncc3)C2=O)CC1. The van der Waals surface area contributed by atoms with E-state index in [1.807, 2.05) is 29.6 Å². The monoisotopic (exact) mass is 367 g/mol. The standard InChI is InChI=1S/C20H21N3O2S/c1-14-6-10-22(11-7-14)18-17(16-3-2-12-26-16)19(24)23(20(18)25)13-15-4-8-21-9-5-15/h2-5,8-9,12,14H,6-7,10-11,13H2,1H3. The number of piperidine rings is 1. The van der Waals surface area contributed by atoms with Crippen molar-refractivity contribution < 1.29 is 9.59 Å². The van der Waals surface area contributed by atoms with Gasteiger partial charge in [-0.25, -0.2) is 0 Å². The Kier molecular flexibility index (Phi) is 4.59. The average molecular weight is 367 g/mol. The summed E-state index contributed by atoms with van der Waals surface area (Å²) in [5.41, 5.74) is 2.05. The van der Waals surface area contributed by atoms with Gasteiger partial charge in [-0.15, -0.1) is 11.3 Å². The van der Waals surface area contributed by atoms with Crippen molar-refractivity contribution in [1.82, 2.24) is 14.8 Å². The van der Waals surface area contributed by atoms with Crippen LogP contribution in [0.15, 0.2) is 47.7 Å². The number of pyridine rings is 1. The van der Waals surface area contributed by atoms with E-state index in [2.05, 4.69) is 16.8 Å². The van der Waals surface area contributed by atoms with Gasteiger partial charge in [0.25, 0.3) is 11.8 Å². The maximum Gasteiger partial charge on any atom is 0.278 e. The zero-order valence-electron chi connectivity index (χ0n) is 14.7. The molecular weight excluding hydrogens is 346 g/mol. The van der Waals surface area contributed by atoms with Crippen LogP contribution < -0.4 is 0 Å². The van der Waals surface area contributed by atoms with E-state index in [1.54, 1.807) is 12.4 Å². The molecule has 0 aliphatic carbocycles. The summed E-state index contributed by atoms with van der Waals surface area (Å²) in [4.78, 5) is 34.7. The Morgan fingerprint density at radius 1 is 1.12 bits per heavy atom. The van der Waals surface area contributed by atoms with E-state index in [0.29, 0.717) is 17.2 Å². The van der Waals surface area contributed by atoms with Gasteiger partial charge in [0.1, 0.15) is 5.70 Å². The van der Waals surface area contributed by atoms with E-state index in [-0.39, 0.29) is 18.4 Å². The summed E-state index contributed by atoms with van der Waals surface area (Å²) in [6, 6.07) is 7.53. The van der Waals surface area contributed by atoms with Crippen LogP contribution in [-0.4, -0.2) is 39.7 Å². The maximum atomic E-state index is 13.2. The number of hydrogen-bond donors (Lipinski definition) is 0. The first-order chi connectivity index (χ1) is 12.6. The molecule has 1 fully saturated rings. The number of carbonyl (C=O) groups excluding carboxylic acids is 2. The lowest BCUT2D eigenvalue weighted by Crippen LogP contribution is -2.38. The number of carbonyl (C=O) groups is 2. The molecule has 4 heterocycles. The molecule has 0 N–H and O–H groups in total. The summed E-state index contributed by atoms with van der Waals surface area (Å²) in [6.07, 6.45) is 5.46. The Morgan fingerprint density at radius 3 is 2.50 bits per heavy atom. The first-order valence-corrected chi connectivity index (χ1v) is 9.81. The molecule has 0 bridgehead atoms. The zero-order chi connectivity index (χ0) is 18.1. The average Bonchev–Trinajstić information content (AvgIpc) is 3.26. The summed E-state index contributed by atoms with van der Waals surface area (Å²) >= 11 is 1.51. The van der Waals surface area contributed by atoms with Crippen molar-refractivity contribution in [3.8, 4) is 0 Å². The second-order valence-corrected chi connectivity index (χ2v) is 7.87. The van der Waals surface area contributed by atoms with Gasteiger partial charge < -0.3 is 4.90 Å². The largest absolute Gasteiger partial charge is 0.366 e. The van der Waals surface area contributed by atoms with Crippen LogP contribution in [-0.2, 0) is 16.1 Å². The van der Waals surface area contributed by atoms with E-state index in [0.717, 1.165) is 36.4 Å². The quantitative estimate of drug-likeness (QED) is 0.779. The van der Waals surface area contributed by atoms with Gasteiger partial charge in [-0.05, 0) is 47.9 Å². The minimum absolute atomic E-state index is 0.176. The molecular formula is C20H21N3O2S. The topological polar surface area (TPSA) is 53.5 Å². The molecule has 2 aliphatic rings. The molecule has 2 aromatic rings. The van der Waals surface area contributed by atoms with E-state index < -0.39 is 0 Å². The molecule has 26 heavy (non-hydrogen) atoms. The third-order valence-electron chi connectivity index (χ3n) is 5.10. The van der Waals surface area contributed by atoms with Gasteiger partial charge in [0.2, 0.25) is 0 Å². The molecule has 0 aromatic carbocycles. The van der Waals surface area contributed by atoms with Crippen molar-refractivity contribution in [1.29, 1.82) is 0 Å². The Hall–Kier alpha value is -2.47. The van der Waals surface area contributed by atoms with Crippen LogP contribution in [0.2, 0.25) is 0 Å². The van der Waals surface area contributed by atoms with Crippen LogP contribution in [0.1, 0.15) is 30.2 Å². The highest BCUT2D eigenvalue weighted by Gasteiger charge is 2.42. The number of rotatable bonds is 4. The van der Waals surface area contributed by atoms with Crippen LogP contribution in [0.5, 0.6) is 0 Å². The molecule has 6 heteroatoms. The van der Waals surface area contributed by atoms with Crippen LogP contribution in [0.25, 0.3) is 5.57 Å². The fourth-order valence-corrected chi connectivity index (χ4v) is 4.31. The van der Waals surface area contributed by atoms with Crippen molar-refractivity contribution in [2.45, 2.75) is 26.3 Å². The normalized spacial score (nSPS) is 19.0. The second kappa shape index (κ2) is 7.03. The van der Waals surface area contributed by atoms with Crippen LogP contribution in [0.3, 0.4) is 0 Å². The Labute approximate surface area is 157 Å². The molecule has 2 amide bonds. The number of likely N-dealkylation sites (tertiary alicyclic amines) is 1. The lowest BCUT2D eigenvalue weighted by Gasteiger charge is -2.32. The van der Waals surface area contributed by atoms with E-state index in [9.17, 15) is 9.59 Å². The molecule has 5 nitrogen and oxygen atoms in total. The number of amides is 2. The molecule has 134 valence electrons. The zero-order valence-corrected chi connectivity index (χ0v) is 15.5. The summed E-state index contributed by atoms with van der Waals surface area (Å²) in [5.74, 6) is 0.296. The summed E-state index contributed by atoms with van der Waals surface area (Å²) in [7, 11) is 0. The molecule has 2 aliphatic heterocycles. The van der Waals surface area contributed by atoms with Crippen molar-refractivity contribution in [3.63, 3.8) is 0 Å². The van der Waals surface area contributed by atoms with Gasteiger partial charge in [0, 0.05) is 30.4 Å². The fourth-order valence-electron chi connectivity index (χ4n) is 3.55. The molecule has 0 atom stereocenters. The molecule has 1 saturated heterocycles. The number of aromatic nitrogens is 1. The molecule has 0 radical (unpaired) electrons. The van der Waals surface area contributed by atoms with Crippen LogP contribution in [0.4, 0.5) is 0 Å². The summed E-state index contributed by atoms with van der Waals surface area (Å²) in [6.45, 7) is 4.17. The summed E-state index contributed by atoms with van der Waals surface area (Å²) < 4.78 is 0. The predicted molar refractivity (Wildman–Crippen MR) is 101 cm³/mol. The second-order valence-electron chi connectivity index (χ2n) is 6.92. The third kappa shape index (κ3) is 3.05. The molecule has 2 aromatic heterocycles. The van der Waals surface area contributed by atoms with Gasteiger partial charge in [-0.1, -0.05) is 13.0 Å². The number of hydrogen-bond acceptors (Lipinski definition) is 5. The van der Waals surface area contributed by atoms with Gasteiger partial charge in [-0.3, -0.25) is 19.5 Å². The Bertz CT molecular complexity index is 837. The first kappa shape index (κ1) is 17.0.